The topological polar surface area (TPSA) is 40.9 Å². The first kappa shape index (κ1) is 23.3. The molecule has 3 aromatic rings. The maximum absolute atomic E-state index is 5.89. The summed E-state index contributed by atoms with van der Waals surface area (Å²) in [4.78, 5) is 4.77. The molecule has 1 fully saturated rings. The van der Waals surface area contributed by atoms with E-state index in [9.17, 15) is 0 Å². The highest BCUT2D eigenvalue weighted by Crippen LogP contribution is 2.23. The van der Waals surface area contributed by atoms with Gasteiger partial charge in [0.15, 0.2) is 5.11 Å². The molecule has 2 heterocycles. The molecular formula is C27H33N3O2S. The summed E-state index contributed by atoms with van der Waals surface area (Å²) in [6.07, 6.45) is 5.44. The molecule has 0 spiro atoms. The molecule has 174 valence electrons. The number of likely N-dealkylation sites (tertiary alicyclic amines) is 1. The minimum Gasteiger partial charge on any atom is -0.467 e. The predicted molar refractivity (Wildman–Crippen MR) is 138 cm³/mol. The Hall–Kier alpha value is -2.83. The molecule has 0 unspecified atom stereocenters. The number of thiocarbonyl (C=S) groups is 1. The first-order valence-electron chi connectivity index (χ1n) is 11.8. The largest absolute Gasteiger partial charge is 0.467 e. The van der Waals surface area contributed by atoms with E-state index >= 15 is 0 Å². The molecule has 0 amide bonds. The average Bonchev–Trinajstić information content (AvgIpc) is 3.34. The Morgan fingerprint density at radius 3 is 2.61 bits per heavy atom. The maximum Gasteiger partial charge on any atom is 0.173 e. The van der Waals surface area contributed by atoms with Gasteiger partial charge < -0.3 is 24.3 Å². The smallest absolute Gasteiger partial charge is 0.173 e. The van der Waals surface area contributed by atoms with Gasteiger partial charge in [0.1, 0.15) is 17.3 Å². The molecule has 0 radical (unpaired) electrons. The molecule has 5 nitrogen and oxygen atoms in total. The first-order chi connectivity index (χ1) is 16.2. The summed E-state index contributed by atoms with van der Waals surface area (Å²) < 4.78 is 11.5. The van der Waals surface area contributed by atoms with Gasteiger partial charge in [-0.2, -0.15) is 0 Å². The normalized spacial score (nSPS) is 16.3. The van der Waals surface area contributed by atoms with Gasteiger partial charge >= 0.3 is 0 Å². The van der Waals surface area contributed by atoms with Crippen LogP contribution in [0.4, 0.5) is 5.69 Å². The van der Waals surface area contributed by atoms with Crippen molar-refractivity contribution in [2.75, 3.05) is 31.5 Å². The van der Waals surface area contributed by atoms with Gasteiger partial charge in [-0.25, -0.2) is 0 Å². The van der Waals surface area contributed by atoms with Crippen molar-refractivity contribution >= 4 is 23.0 Å². The number of furan rings is 1. The predicted octanol–water partition coefficient (Wildman–Crippen LogP) is 6.39. The second-order valence-corrected chi connectivity index (χ2v) is 9.16. The number of nitrogens with zero attached hydrogens (tertiary/aromatic N) is 2. The number of rotatable bonds is 9. The Morgan fingerprint density at radius 2 is 1.88 bits per heavy atom. The van der Waals surface area contributed by atoms with E-state index in [1.165, 1.54) is 25.9 Å². The van der Waals surface area contributed by atoms with E-state index in [-0.39, 0.29) is 0 Å². The van der Waals surface area contributed by atoms with Gasteiger partial charge in [-0.15, -0.1) is 0 Å². The molecule has 1 aliphatic heterocycles. The third kappa shape index (κ3) is 7.34. The second kappa shape index (κ2) is 11.9. The summed E-state index contributed by atoms with van der Waals surface area (Å²) in [7, 11) is 0. The molecule has 1 aliphatic rings. The van der Waals surface area contributed by atoms with Crippen LogP contribution in [-0.2, 0) is 6.54 Å². The number of anilines is 1. The van der Waals surface area contributed by atoms with Crippen molar-refractivity contribution in [1.82, 2.24) is 9.80 Å². The molecular weight excluding hydrogens is 430 g/mol. The van der Waals surface area contributed by atoms with Crippen LogP contribution in [0.5, 0.6) is 11.5 Å². The van der Waals surface area contributed by atoms with Crippen LogP contribution >= 0.6 is 12.2 Å². The summed E-state index contributed by atoms with van der Waals surface area (Å²) in [6.45, 7) is 7.41. The molecule has 4 rings (SSSR count). The quantitative estimate of drug-likeness (QED) is 0.371. The minimum atomic E-state index is 0.657. The van der Waals surface area contributed by atoms with Gasteiger partial charge in [0, 0.05) is 18.8 Å². The number of piperidine rings is 1. The van der Waals surface area contributed by atoms with Gasteiger partial charge in [-0.3, -0.25) is 0 Å². The summed E-state index contributed by atoms with van der Waals surface area (Å²) in [6, 6.07) is 21.6. The molecule has 1 atom stereocenters. The lowest BCUT2D eigenvalue weighted by molar-refractivity contribution is 0.177. The van der Waals surface area contributed by atoms with E-state index < -0.39 is 0 Å². The van der Waals surface area contributed by atoms with Gasteiger partial charge in [0.2, 0.25) is 0 Å². The fourth-order valence-corrected chi connectivity index (χ4v) is 4.53. The molecule has 1 N–H and O–H groups in total. The number of hydrogen-bond acceptors (Lipinski definition) is 4. The highest BCUT2D eigenvalue weighted by molar-refractivity contribution is 7.80. The van der Waals surface area contributed by atoms with E-state index in [1.54, 1.807) is 6.26 Å². The Balaban J connectivity index is 1.33. The van der Waals surface area contributed by atoms with Gasteiger partial charge in [-0.05, 0) is 99.0 Å². The Bertz CT molecular complexity index is 976. The number of ether oxygens (including phenoxy) is 1. The maximum atomic E-state index is 5.89. The average molecular weight is 464 g/mol. The zero-order chi connectivity index (χ0) is 22.9. The van der Waals surface area contributed by atoms with Crippen LogP contribution in [0.15, 0.2) is 77.4 Å². The monoisotopic (exact) mass is 463 g/mol. The zero-order valence-electron chi connectivity index (χ0n) is 19.3. The molecule has 33 heavy (non-hydrogen) atoms. The van der Waals surface area contributed by atoms with Crippen LogP contribution < -0.4 is 10.1 Å². The summed E-state index contributed by atoms with van der Waals surface area (Å²) in [5.41, 5.74) is 0.940. The highest BCUT2D eigenvalue weighted by atomic mass is 32.1. The highest BCUT2D eigenvalue weighted by Gasteiger charge is 2.17. The van der Waals surface area contributed by atoms with Crippen LogP contribution in [0.1, 0.15) is 31.9 Å². The van der Waals surface area contributed by atoms with Gasteiger partial charge in [-0.1, -0.05) is 25.1 Å². The molecule has 2 aromatic carbocycles. The molecule has 1 aromatic heterocycles. The fourth-order valence-electron chi connectivity index (χ4n) is 4.25. The number of para-hydroxylation sites is 1. The second-order valence-electron chi connectivity index (χ2n) is 8.77. The molecule has 6 heteroatoms. The van der Waals surface area contributed by atoms with E-state index in [0.29, 0.717) is 11.7 Å². The lowest BCUT2D eigenvalue weighted by Crippen LogP contribution is -2.39. The van der Waals surface area contributed by atoms with Crippen LogP contribution in [0.3, 0.4) is 0 Å². The third-order valence-corrected chi connectivity index (χ3v) is 6.30. The van der Waals surface area contributed by atoms with E-state index in [2.05, 4.69) is 22.0 Å². The van der Waals surface area contributed by atoms with Crippen LogP contribution in [0.2, 0.25) is 0 Å². The molecule has 0 bridgehead atoms. The van der Waals surface area contributed by atoms with Crippen molar-refractivity contribution in [2.45, 2.75) is 32.7 Å². The minimum absolute atomic E-state index is 0.657. The third-order valence-electron chi connectivity index (χ3n) is 5.94. The standard InChI is InChI=1S/C27H33N3O2S/c1-22-8-5-16-29(20-22)17-7-18-30(21-26-11-6-19-31-26)27(33)28-23-12-14-25(15-13-23)32-24-9-3-2-4-10-24/h2-4,6,9-15,19,22H,5,7-8,16-18,20-21H2,1H3,(H,28,33)/t22-/m1/s1. The summed E-state index contributed by atoms with van der Waals surface area (Å²) >= 11 is 5.79. The summed E-state index contributed by atoms with van der Waals surface area (Å²) in [5, 5.41) is 4.09. The van der Waals surface area contributed by atoms with Crippen LogP contribution in [-0.4, -0.2) is 41.1 Å². The van der Waals surface area contributed by atoms with Crippen LogP contribution in [0.25, 0.3) is 0 Å². The van der Waals surface area contributed by atoms with Crippen molar-refractivity contribution in [3.8, 4) is 11.5 Å². The molecule has 0 aliphatic carbocycles. The van der Waals surface area contributed by atoms with Crippen molar-refractivity contribution in [1.29, 1.82) is 0 Å². The van der Waals surface area contributed by atoms with Gasteiger partial charge in [0.05, 0.1) is 12.8 Å². The molecule has 0 saturated carbocycles. The Morgan fingerprint density at radius 1 is 1.09 bits per heavy atom. The SMILES string of the molecule is C[C@@H]1CCCN(CCCN(Cc2ccco2)C(=S)Nc2ccc(Oc3ccccc3)cc2)C1. The zero-order valence-corrected chi connectivity index (χ0v) is 20.1. The number of benzene rings is 2. The fraction of sp³-hybridized carbons (Fsp3) is 0.370. The van der Waals surface area contributed by atoms with Crippen molar-refractivity contribution < 1.29 is 9.15 Å². The van der Waals surface area contributed by atoms with Gasteiger partial charge in [0.25, 0.3) is 0 Å². The number of hydrogen-bond donors (Lipinski definition) is 1. The van der Waals surface area contributed by atoms with E-state index in [1.807, 2.05) is 66.7 Å². The molecule has 1 saturated heterocycles. The first-order valence-corrected chi connectivity index (χ1v) is 12.2. The van der Waals surface area contributed by atoms with E-state index in [4.69, 9.17) is 21.4 Å². The Kier molecular flexibility index (Phi) is 8.39. The van der Waals surface area contributed by atoms with Crippen molar-refractivity contribution in [3.63, 3.8) is 0 Å². The van der Waals surface area contributed by atoms with E-state index in [0.717, 1.165) is 48.4 Å². The van der Waals surface area contributed by atoms with Crippen molar-refractivity contribution in [3.05, 3.63) is 78.8 Å². The van der Waals surface area contributed by atoms with Crippen molar-refractivity contribution in [2.24, 2.45) is 5.92 Å². The lowest BCUT2D eigenvalue weighted by atomic mass is 10.0. The summed E-state index contributed by atoms with van der Waals surface area (Å²) in [5.74, 6) is 3.33. The lowest BCUT2D eigenvalue weighted by Gasteiger charge is -2.32. The Labute approximate surface area is 202 Å². The van der Waals surface area contributed by atoms with Crippen LogP contribution in [0, 0.1) is 5.92 Å². The number of nitrogens with one attached hydrogen (secondary N) is 1.